The molecule has 7 heteroatoms. The molecule has 1 aromatic carbocycles. The van der Waals surface area contributed by atoms with Gasteiger partial charge in [-0.1, -0.05) is 30.3 Å². The molecule has 1 amide bonds. The van der Waals surface area contributed by atoms with E-state index in [1.807, 2.05) is 30.3 Å². The van der Waals surface area contributed by atoms with Crippen molar-refractivity contribution >= 4 is 12.1 Å². The van der Waals surface area contributed by atoms with E-state index in [0.29, 0.717) is 6.42 Å². The summed E-state index contributed by atoms with van der Waals surface area (Å²) in [7, 11) is 0. The topological polar surface area (TPSA) is 105 Å². The van der Waals surface area contributed by atoms with E-state index in [1.165, 1.54) is 0 Å². The first-order valence-electron chi connectivity index (χ1n) is 8.22. The van der Waals surface area contributed by atoms with Crippen LogP contribution < -0.4 is 11.1 Å². The summed E-state index contributed by atoms with van der Waals surface area (Å²) in [6.45, 7) is 2.68. The van der Waals surface area contributed by atoms with E-state index in [4.69, 9.17) is 15.6 Å². The van der Waals surface area contributed by atoms with E-state index in [9.17, 15) is 9.59 Å². The summed E-state index contributed by atoms with van der Waals surface area (Å²) in [5, 5.41) is 11.6. The average molecular weight is 335 g/mol. The lowest BCUT2D eigenvalue weighted by Gasteiger charge is -2.17. The van der Waals surface area contributed by atoms with Crippen LogP contribution in [0.2, 0.25) is 0 Å². The number of carboxylic acids is 1. The van der Waals surface area contributed by atoms with Crippen molar-refractivity contribution in [3.8, 4) is 0 Å². The number of aliphatic carboxylic acids is 1. The molecule has 132 valence electrons. The van der Waals surface area contributed by atoms with Crippen LogP contribution in [0.15, 0.2) is 30.3 Å². The highest BCUT2D eigenvalue weighted by atomic mass is 16.5. The Hall–Kier alpha value is -2.12. The number of amides is 1. The van der Waals surface area contributed by atoms with Crippen LogP contribution in [-0.2, 0) is 16.1 Å². The molecular formula is C17H25N3O4. The molecule has 1 aliphatic rings. The first-order chi connectivity index (χ1) is 11.5. The highest BCUT2D eigenvalue weighted by Gasteiger charge is 2.24. The van der Waals surface area contributed by atoms with Gasteiger partial charge in [0.25, 0.3) is 0 Å². The minimum atomic E-state index is -0.961. The summed E-state index contributed by atoms with van der Waals surface area (Å²) < 4.78 is 5.21. The van der Waals surface area contributed by atoms with E-state index in [0.717, 1.165) is 38.0 Å². The Balaban J connectivity index is 1.61. The lowest BCUT2D eigenvalue weighted by molar-refractivity contribution is -0.138. The highest BCUT2D eigenvalue weighted by Crippen LogP contribution is 2.11. The third kappa shape index (κ3) is 6.17. The number of benzene rings is 1. The van der Waals surface area contributed by atoms with Gasteiger partial charge in [0.05, 0.1) is 0 Å². The molecule has 0 radical (unpaired) electrons. The number of ether oxygens (including phenoxy) is 1. The van der Waals surface area contributed by atoms with Crippen LogP contribution in [0.25, 0.3) is 0 Å². The van der Waals surface area contributed by atoms with E-state index in [-0.39, 0.29) is 12.6 Å². The molecule has 0 aromatic heterocycles. The number of carbonyl (C=O) groups excluding carboxylic acids is 1. The fourth-order valence-electron chi connectivity index (χ4n) is 2.74. The maximum Gasteiger partial charge on any atom is 0.407 e. The maximum atomic E-state index is 11.8. The number of hydrogen-bond acceptors (Lipinski definition) is 5. The van der Waals surface area contributed by atoms with Gasteiger partial charge < -0.3 is 25.8 Å². The second kappa shape index (κ2) is 9.24. The van der Waals surface area contributed by atoms with E-state index in [1.54, 1.807) is 0 Å². The molecule has 0 spiro atoms. The zero-order valence-electron chi connectivity index (χ0n) is 13.7. The predicted octanol–water partition coefficient (Wildman–Crippen LogP) is 1.18. The fourth-order valence-corrected chi connectivity index (χ4v) is 2.74. The minimum Gasteiger partial charge on any atom is -0.480 e. The Morgan fingerprint density at radius 3 is 2.83 bits per heavy atom. The van der Waals surface area contributed by atoms with Gasteiger partial charge in [0.1, 0.15) is 12.6 Å². The molecule has 7 nitrogen and oxygen atoms in total. The minimum absolute atomic E-state index is 0.0708. The van der Waals surface area contributed by atoms with Crippen LogP contribution in [0.4, 0.5) is 4.79 Å². The molecule has 2 atom stereocenters. The van der Waals surface area contributed by atoms with Gasteiger partial charge in [-0.15, -0.1) is 0 Å². The molecule has 0 aliphatic carbocycles. The van der Waals surface area contributed by atoms with Crippen molar-refractivity contribution in [2.24, 2.45) is 5.73 Å². The SMILES string of the molecule is N[C@@H](CCCN1CCC(NC(=O)OCc2ccccc2)C1)C(=O)O. The van der Waals surface area contributed by atoms with Gasteiger partial charge in [-0.05, 0) is 31.4 Å². The van der Waals surface area contributed by atoms with Crippen molar-refractivity contribution in [2.75, 3.05) is 19.6 Å². The van der Waals surface area contributed by atoms with E-state index >= 15 is 0 Å². The molecule has 0 saturated carbocycles. The summed E-state index contributed by atoms with van der Waals surface area (Å²) in [4.78, 5) is 24.7. The zero-order chi connectivity index (χ0) is 17.4. The number of carboxylic acid groups (broad SMARTS) is 1. The molecule has 4 N–H and O–H groups in total. The summed E-state index contributed by atoms with van der Waals surface area (Å²) in [6, 6.07) is 8.82. The molecule has 1 heterocycles. The summed E-state index contributed by atoms with van der Waals surface area (Å²) in [5.41, 5.74) is 6.44. The standard InChI is InChI=1S/C17H25N3O4/c18-15(16(21)22)7-4-9-20-10-8-14(11-20)19-17(23)24-12-13-5-2-1-3-6-13/h1-3,5-6,14-15H,4,7-12,18H2,(H,19,23)(H,21,22)/t14?,15-/m0/s1. The molecule has 0 bridgehead atoms. The zero-order valence-corrected chi connectivity index (χ0v) is 13.7. The van der Waals surface area contributed by atoms with Crippen LogP contribution in [0.5, 0.6) is 0 Å². The number of alkyl carbamates (subject to hydrolysis) is 1. The smallest absolute Gasteiger partial charge is 0.407 e. The Kier molecular flexibility index (Phi) is 7.02. The quantitative estimate of drug-likeness (QED) is 0.659. The lowest BCUT2D eigenvalue weighted by Crippen LogP contribution is -2.37. The molecule has 2 rings (SSSR count). The van der Waals surface area contributed by atoms with Gasteiger partial charge >= 0.3 is 12.1 Å². The van der Waals surface area contributed by atoms with Crippen LogP contribution in [0.3, 0.4) is 0 Å². The Morgan fingerprint density at radius 1 is 1.38 bits per heavy atom. The van der Waals surface area contributed by atoms with Gasteiger partial charge in [0.2, 0.25) is 0 Å². The number of hydrogen-bond donors (Lipinski definition) is 3. The van der Waals surface area contributed by atoms with Crippen LogP contribution in [0.1, 0.15) is 24.8 Å². The van der Waals surface area contributed by atoms with Gasteiger partial charge in [0, 0.05) is 19.1 Å². The summed E-state index contributed by atoms with van der Waals surface area (Å²) in [6.07, 6.45) is 1.66. The van der Waals surface area contributed by atoms with Gasteiger partial charge in [-0.3, -0.25) is 4.79 Å². The number of nitrogens with two attached hydrogens (primary N) is 1. The summed E-state index contributed by atoms with van der Waals surface area (Å²) >= 11 is 0. The number of nitrogens with zero attached hydrogens (tertiary/aromatic N) is 1. The van der Waals surface area contributed by atoms with Crippen molar-refractivity contribution in [1.29, 1.82) is 0 Å². The number of rotatable bonds is 8. The first kappa shape index (κ1) is 18.2. The molecular weight excluding hydrogens is 310 g/mol. The molecule has 1 fully saturated rings. The average Bonchev–Trinajstić information content (AvgIpc) is 3.01. The van der Waals surface area contributed by atoms with Gasteiger partial charge in [0.15, 0.2) is 0 Å². The van der Waals surface area contributed by atoms with Crippen molar-refractivity contribution < 1.29 is 19.4 Å². The fraction of sp³-hybridized carbons (Fsp3) is 0.529. The molecule has 1 unspecified atom stereocenters. The second-order valence-electron chi connectivity index (χ2n) is 6.08. The predicted molar refractivity (Wildman–Crippen MR) is 89.5 cm³/mol. The number of likely N-dealkylation sites (tertiary alicyclic amines) is 1. The van der Waals surface area contributed by atoms with E-state index in [2.05, 4.69) is 10.2 Å². The molecule has 1 aliphatic heterocycles. The monoisotopic (exact) mass is 335 g/mol. The van der Waals surface area contributed by atoms with Gasteiger partial charge in [-0.25, -0.2) is 4.79 Å². The Morgan fingerprint density at radius 2 is 2.12 bits per heavy atom. The lowest BCUT2D eigenvalue weighted by atomic mass is 10.1. The molecule has 1 aromatic rings. The summed E-state index contributed by atoms with van der Waals surface area (Å²) in [5.74, 6) is -0.961. The Bertz CT molecular complexity index is 538. The Labute approximate surface area is 141 Å². The highest BCUT2D eigenvalue weighted by molar-refractivity contribution is 5.72. The van der Waals surface area contributed by atoms with Gasteiger partial charge in [-0.2, -0.15) is 0 Å². The van der Waals surface area contributed by atoms with Crippen LogP contribution in [0, 0.1) is 0 Å². The number of carbonyl (C=O) groups is 2. The van der Waals surface area contributed by atoms with Crippen LogP contribution in [-0.4, -0.2) is 53.8 Å². The molecule has 1 saturated heterocycles. The third-order valence-electron chi connectivity index (χ3n) is 4.11. The first-order valence-corrected chi connectivity index (χ1v) is 8.22. The maximum absolute atomic E-state index is 11.8. The van der Waals surface area contributed by atoms with Crippen molar-refractivity contribution in [3.63, 3.8) is 0 Å². The molecule has 24 heavy (non-hydrogen) atoms. The largest absolute Gasteiger partial charge is 0.480 e. The third-order valence-corrected chi connectivity index (χ3v) is 4.11. The van der Waals surface area contributed by atoms with Crippen LogP contribution >= 0.6 is 0 Å². The van der Waals surface area contributed by atoms with E-state index < -0.39 is 18.1 Å². The second-order valence-corrected chi connectivity index (χ2v) is 6.08. The number of nitrogens with one attached hydrogen (secondary N) is 1. The van der Waals surface area contributed by atoms with Crippen molar-refractivity contribution in [2.45, 2.75) is 38.0 Å². The van der Waals surface area contributed by atoms with Crippen molar-refractivity contribution in [1.82, 2.24) is 10.2 Å². The normalized spacial score (nSPS) is 19.0. The van der Waals surface area contributed by atoms with Crippen molar-refractivity contribution in [3.05, 3.63) is 35.9 Å².